The Bertz CT molecular complexity index is 338. The molecule has 1 amide bonds. The fourth-order valence-corrected chi connectivity index (χ4v) is 1.19. The number of carbonyl (C=O) groups is 1. The quantitative estimate of drug-likeness (QED) is 0.801. The number of hydrogen-bond acceptors (Lipinski definition) is 2. The third-order valence-corrected chi connectivity index (χ3v) is 2.13. The van der Waals surface area contributed by atoms with Gasteiger partial charge in [0.15, 0.2) is 0 Å². The lowest BCUT2D eigenvalue weighted by atomic mass is 10.1. The fourth-order valence-electron chi connectivity index (χ4n) is 1.19. The predicted octanol–water partition coefficient (Wildman–Crippen LogP) is 1.46. The van der Waals surface area contributed by atoms with Gasteiger partial charge < -0.3 is 10.6 Å². The highest BCUT2D eigenvalue weighted by Gasteiger charge is 2.05. The zero-order chi connectivity index (χ0) is 12.0. The smallest absolute Gasteiger partial charge is 0.263 e. The molecule has 3 nitrogen and oxygen atoms in total. The molecule has 88 valence electrons. The summed E-state index contributed by atoms with van der Waals surface area (Å²) in [5, 5.41) is 5.38. The van der Waals surface area contributed by atoms with Gasteiger partial charge in [0.25, 0.3) is 6.43 Å². The summed E-state index contributed by atoms with van der Waals surface area (Å²) in [6.07, 6.45) is -2.44. The highest BCUT2D eigenvalue weighted by molar-refractivity contribution is 5.77. The van der Waals surface area contributed by atoms with Gasteiger partial charge in [-0.05, 0) is 5.56 Å². The Labute approximate surface area is 92.8 Å². The molecule has 0 aliphatic rings. The minimum absolute atomic E-state index is 0.00931. The lowest BCUT2D eigenvalue weighted by Crippen LogP contribution is -2.30. The number of nitrogens with one attached hydrogen (secondary N) is 2. The van der Waals surface area contributed by atoms with Crippen molar-refractivity contribution in [3.05, 3.63) is 35.4 Å². The zero-order valence-corrected chi connectivity index (χ0v) is 8.97. The Hall–Kier alpha value is -1.49. The Balaban J connectivity index is 2.40. The van der Waals surface area contributed by atoms with Crippen molar-refractivity contribution in [3.63, 3.8) is 0 Å². The van der Waals surface area contributed by atoms with E-state index in [1.54, 1.807) is 19.2 Å². The van der Waals surface area contributed by atoms with Crippen LogP contribution in [-0.4, -0.2) is 19.5 Å². The highest BCUT2D eigenvalue weighted by atomic mass is 19.3. The molecule has 5 heteroatoms. The third kappa shape index (κ3) is 3.94. The van der Waals surface area contributed by atoms with E-state index in [-0.39, 0.29) is 18.0 Å². The Morgan fingerprint density at radius 1 is 1.31 bits per heavy atom. The van der Waals surface area contributed by atoms with E-state index < -0.39 is 6.43 Å². The standard InChI is InChI=1S/C11H14F2N2O/c1-14-10(16)7-15-6-8-2-4-9(5-3-8)11(12)13/h2-5,11,15H,6-7H2,1H3,(H,14,16). The van der Waals surface area contributed by atoms with Crippen LogP contribution in [-0.2, 0) is 11.3 Å². The Morgan fingerprint density at radius 2 is 1.94 bits per heavy atom. The molecule has 1 rings (SSSR count). The maximum Gasteiger partial charge on any atom is 0.263 e. The van der Waals surface area contributed by atoms with Crippen LogP contribution in [0.5, 0.6) is 0 Å². The number of likely N-dealkylation sites (N-methyl/N-ethyl adjacent to an activating group) is 1. The van der Waals surface area contributed by atoms with E-state index in [1.807, 2.05) is 0 Å². The van der Waals surface area contributed by atoms with Gasteiger partial charge in [0.05, 0.1) is 6.54 Å². The second-order valence-electron chi connectivity index (χ2n) is 3.32. The van der Waals surface area contributed by atoms with E-state index in [0.717, 1.165) is 5.56 Å². The zero-order valence-electron chi connectivity index (χ0n) is 8.97. The average Bonchev–Trinajstić information content (AvgIpc) is 2.29. The fraction of sp³-hybridized carbons (Fsp3) is 0.364. The summed E-state index contributed by atoms with van der Waals surface area (Å²) in [5.74, 6) is -0.107. The van der Waals surface area contributed by atoms with Crippen LogP contribution < -0.4 is 10.6 Å². The van der Waals surface area contributed by atoms with E-state index in [0.29, 0.717) is 6.54 Å². The van der Waals surface area contributed by atoms with Crippen molar-refractivity contribution in [1.29, 1.82) is 0 Å². The molecule has 0 atom stereocenters. The second-order valence-corrected chi connectivity index (χ2v) is 3.32. The van der Waals surface area contributed by atoms with E-state index >= 15 is 0 Å². The summed E-state index contributed by atoms with van der Waals surface area (Å²) >= 11 is 0. The van der Waals surface area contributed by atoms with Gasteiger partial charge in [-0.1, -0.05) is 24.3 Å². The van der Waals surface area contributed by atoms with Gasteiger partial charge in [-0.15, -0.1) is 0 Å². The van der Waals surface area contributed by atoms with Crippen molar-refractivity contribution >= 4 is 5.91 Å². The van der Waals surface area contributed by atoms with Gasteiger partial charge in [0.2, 0.25) is 5.91 Å². The second kappa shape index (κ2) is 6.17. The first-order valence-electron chi connectivity index (χ1n) is 4.91. The maximum absolute atomic E-state index is 12.2. The number of alkyl halides is 2. The van der Waals surface area contributed by atoms with Crippen LogP contribution in [0.15, 0.2) is 24.3 Å². The van der Waals surface area contributed by atoms with Gasteiger partial charge in [-0.2, -0.15) is 0 Å². The van der Waals surface area contributed by atoms with Gasteiger partial charge in [0, 0.05) is 19.2 Å². The molecule has 2 N–H and O–H groups in total. The molecule has 0 bridgehead atoms. The largest absolute Gasteiger partial charge is 0.358 e. The normalized spacial score (nSPS) is 10.5. The predicted molar refractivity (Wildman–Crippen MR) is 57.2 cm³/mol. The van der Waals surface area contributed by atoms with Crippen LogP contribution in [0.1, 0.15) is 17.6 Å². The molecule has 0 fully saturated rings. The SMILES string of the molecule is CNC(=O)CNCc1ccc(C(F)F)cc1. The Kier molecular flexibility index (Phi) is 4.85. The third-order valence-electron chi connectivity index (χ3n) is 2.13. The minimum atomic E-state index is -2.44. The molecule has 0 aliphatic heterocycles. The van der Waals surface area contributed by atoms with Crippen molar-refractivity contribution in [2.45, 2.75) is 13.0 Å². The molecule has 0 unspecified atom stereocenters. The van der Waals surface area contributed by atoms with Crippen molar-refractivity contribution < 1.29 is 13.6 Å². The first-order chi connectivity index (χ1) is 7.63. The number of amides is 1. The summed E-state index contributed by atoms with van der Waals surface area (Å²) in [4.78, 5) is 10.9. The summed E-state index contributed by atoms with van der Waals surface area (Å²) < 4.78 is 24.5. The summed E-state index contributed by atoms with van der Waals surface area (Å²) in [5.41, 5.74) is 0.878. The van der Waals surface area contributed by atoms with E-state index in [9.17, 15) is 13.6 Å². The summed E-state index contributed by atoms with van der Waals surface area (Å²) in [6.45, 7) is 0.698. The average molecular weight is 228 g/mol. The summed E-state index contributed by atoms with van der Waals surface area (Å²) in [7, 11) is 1.56. The molecule has 0 radical (unpaired) electrons. The van der Waals surface area contributed by atoms with Crippen LogP contribution in [0, 0.1) is 0 Å². The number of rotatable bonds is 5. The van der Waals surface area contributed by atoms with Crippen LogP contribution in [0.4, 0.5) is 8.78 Å². The van der Waals surface area contributed by atoms with E-state index in [1.165, 1.54) is 12.1 Å². The molecule has 16 heavy (non-hydrogen) atoms. The topological polar surface area (TPSA) is 41.1 Å². The maximum atomic E-state index is 12.2. The van der Waals surface area contributed by atoms with Crippen molar-refractivity contribution in [2.75, 3.05) is 13.6 Å². The molecule has 1 aromatic carbocycles. The summed E-state index contributed by atoms with van der Waals surface area (Å²) in [6, 6.07) is 6.03. The molecule has 0 spiro atoms. The molecular weight excluding hydrogens is 214 g/mol. The van der Waals surface area contributed by atoms with E-state index in [2.05, 4.69) is 10.6 Å². The molecular formula is C11H14F2N2O. The highest BCUT2D eigenvalue weighted by Crippen LogP contribution is 2.18. The lowest BCUT2D eigenvalue weighted by molar-refractivity contribution is -0.119. The first-order valence-corrected chi connectivity index (χ1v) is 4.91. The number of benzene rings is 1. The van der Waals surface area contributed by atoms with E-state index in [4.69, 9.17) is 0 Å². The number of hydrogen-bond donors (Lipinski definition) is 2. The van der Waals surface area contributed by atoms with Crippen LogP contribution in [0.3, 0.4) is 0 Å². The van der Waals surface area contributed by atoms with Crippen LogP contribution >= 0.6 is 0 Å². The van der Waals surface area contributed by atoms with Crippen molar-refractivity contribution in [1.82, 2.24) is 10.6 Å². The molecule has 0 heterocycles. The molecule has 0 saturated carbocycles. The number of halogens is 2. The van der Waals surface area contributed by atoms with Crippen LogP contribution in [0.25, 0.3) is 0 Å². The molecule has 0 saturated heterocycles. The Morgan fingerprint density at radius 3 is 2.44 bits per heavy atom. The minimum Gasteiger partial charge on any atom is -0.358 e. The van der Waals surface area contributed by atoms with Gasteiger partial charge in [-0.25, -0.2) is 8.78 Å². The van der Waals surface area contributed by atoms with Crippen molar-refractivity contribution in [3.8, 4) is 0 Å². The van der Waals surface area contributed by atoms with Crippen molar-refractivity contribution in [2.24, 2.45) is 0 Å². The van der Waals surface area contributed by atoms with Gasteiger partial charge in [0.1, 0.15) is 0 Å². The molecule has 0 aromatic heterocycles. The molecule has 1 aromatic rings. The first kappa shape index (κ1) is 12.6. The van der Waals surface area contributed by atoms with Gasteiger partial charge >= 0.3 is 0 Å². The molecule has 0 aliphatic carbocycles. The monoisotopic (exact) mass is 228 g/mol. The van der Waals surface area contributed by atoms with Gasteiger partial charge in [-0.3, -0.25) is 4.79 Å². The lowest BCUT2D eigenvalue weighted by Gasteiger charge is -2.05. The van der Waals surface area contributed by atoms with Crippen LogP contribution in [0.2, 0.25) is 0 Å². The number of carbonyl (C=O) groups excluding carboxylic acids is 1.